The molecular formula is C19H22N2O6S2. The number of rotatable bonds is 6. The molecule has 2 rings (SSSR count). The van der Waals surface area contributed by atoms with Crippen LogP contribution in [0.25, 0.3) is 0 Å². The van der Waals surface area contributed by atoms with Gasteiger partial charge in [-0.15, -0.1) is 0 Å². The molecule has 0 atom stereocenters. The van der Waals surface area contributed by atoms with E-state index in [1.165, 1.54) is 48.5 Å². The van der Waals surface area contributed by atoms with E-state index in [1.807, 2.05) is 0 Å². The molecule has 0 fully saturated rings. The summed E-state index contributed by atoms with van der Waals surface area (Å²) in [5, 5.41) is 24.5. The standard InChI is InChI=1S/C19H22N2O6S2/c1-13-5-9-16(10-6-13)28(24,25)19(4,18(21-23)15(3)20-22)29(26,27)17-11-7-14(2)8-12-17/h5-12,22-23H,1-4H3. The zero-order chi connectivity index (χ0) is 22.0. The fraction of sp³-hybridized carbons (Fsp3) is 0.263. The van der Waals surface area contributed by atoms with Gasteiger partial charge in [0, 0.05) is 0 Å². The van der Waals surface area contributed by atoms with Gasteiger partial charge in [-0.2, -0.15) is 0 Å². The van der Waals surface area contributed by atoms with Gasteiger partial charge in [-0.1, -0.05) is 45.7 Å². The smallest absolute Gasteiger partial charge is 0.225 e. The molecule has 156 valence electrons. The van der Waals surface area contributed by atoms with E-state index in [1.54, 1.807) is 13.8 Å². The Bertz CT molecular complexity index is 1090. The fourth-order valence-electron chi connectivity index (χ4n) is 2.82. The summed E-state index contributed by atoms with van der Waals surface area (Å²) in [4.78, 5) is -0.568. The molecule has 2 aromatic rings. The molecule has 29 heavy (non-hydrogen) atoms. The maximum Gasteiger partial charge on any atom is 0.225 e. The molecule has 0 aliphatic heterocycles. The van der Waals surface area contributed by atoms with E-state index in [0.717, 1.165) is 25.0 Å². The van der Waals surface area contributed by atoms with Crippen molar-refractivity contribution in [2.24, 2.45) is 10.3 Å². The van der Waals surface area contributed by atoms with Crippen LogP contribution < -0.4 is 0 Å². The minimum atomic E-state index is -4.67. The van der Waals surface area contributed by atoms with Gasteiger partial charge in [-0.05, 0) is 52.0 Å². The topological polar surface area (TPSA) is 133 Å². The molecule has 0 aliphatic rings. The van der Waals surface area contributed by atoms with Gasteiger partial charge in [0.05, 0.1) is 9.79 Å². The highest BCUT2D eigenvalue weighted by Crippen LogP contribution is 2.37. The highest BCUT2D eigenvalue weighted by atomic mass is 32.3. The Balaban J connectivity index is 2.94. The molecule has 0 aliphatic carbocycles. The molecule has 8 nitrogen and oxygen atoms in total. The minimum Gasteiger partial charge on any atom is -0.411 e. The second-order valence-corrected chi connectivity index (χ2v) is 11.6. The van der Waals surface area contributed by atoms with Crippen LogP contribution in [0, 0.1) is 13.8 Å². The third-order valence-electron chi connectivity index (χ3n) is 4.71. The van der Waals surface area contributed by atoms with Gasteiger partial charge in [0.2, 0.25) is 23.8 Å². The predicted octanol–water partition coefficient (Wildman–Crippen LogP) is 2.95. The first kappa shape index (κ1) is 22.6. The van der Waals surface area contributed by atoms with Crippen molar-refractivity contribution in [1.82, 2.24) is 0 Å². The van der Waals surface area contributed by atoms with Gasteiger partial charge in [0.15, 0.2) is 0 Å². The lowest BCUT2D eigenvalue weighted by Gasteiger charge is -2.29. The van der Waals surface area contributed by atoms with Crippen LogP contribution in [0.4, 0.5) is 0 Å². The van der Waals surface area contributed by atoms with Crippen LogP contribution in [-0.2, 0) is 19.7 Å². The molecule has 0 saturated heterocycles. The van der Waals surface area contributed by atoms with E-state index in [9.17, 15) is 22.0 Å². The number of nitrogens with zero attached hydrogens (tertiary/aromatic N) is 2. The molecule has 10 heteroatoms. The molecule has 0 amide bonds. The number of hydrogen-bond acceptors (Lipinski definition) is 8. The molecular weight excluding hydrogens is 416 g/mol. The summed E-state index contributed by atoms with van der Waals surface area (Å²) in [5.74, 6) is 0. The van der Waals surface area contributed by atoms with Crippen molar-refractivity contribution >= 4 is 31.1 Å². The van der Waals surface area contributed by atoms with Crippen LogP contribution in [0.3, 0.4) is 0 Å². The van der Waals surface area contributed by atoms with Crippen molar-refractivity contribution in [3.05, 3.63) is 59.7 Å². The predicted molar refractivity (Wildman–Crippen MR) is 109 cm³/mol. The molecule has 0 spiro atoms. The number of aryl methyl sites for hydroxylation is 2. The molecule has 2 N–H and O–H groups in total. The molecule has 0 saturated carbocycles. The third-order valence-corrected chi connectivity index (χ3v) is 10.3. The maximum atomic E-state index is 13.6. The summed E-state index contributed by atoms with van der Waals surface area (Å²) in [6.07, 6.45) is 0. The third kappa shape index (κ3) is 3.65. The Morgan fingerprint density at radius 2 is 1.10 bits per heavy atom. The van der Waals surface area contributed by atoms with Crippen molar-refractivity contribution in [2.45, 2.75) is 41.6 Å². The Morgan fingerprint density at radius 1 is 0.759 bits per heavy atom. The normalized spacial score (nSPS) is 14.1. The fourth-order valence-corrected chi connectivity index (χ4v) is 7.33. The van der Waals surface area contributed by atoms with E-state index in [-0.39, 0.29) is 9.79 Å². The van der Waals surface area contributed by atoms with Gasteiger partial charge in [0.25, 0.3) is 0 Å². The average molecular weight is 439 g/mol. The lowest BCUT2D eigenvalue weighted by Crippen LogP contribution is -2.53. The maximum absolute atomic E-state index is 13.6. The lowest BCUT2D eigenvalue weighted by atomic mass is 10.2. The van der Waals surface area contributed by atoms with Crippen molar-refractivity contribution < 1.29 is 27.3 Å². The Morgan fingerprint density at radius 3 is 1.38 bits per heavy atom. The molecule has 0 bridgehead atoms. The first-order chi connectivity index (χ1) is 13.4. The zero-order valence-electron chi connectivity index (χ0n) is 16.4. The van der Waals surface area contributed by atoms with Crippen molar-refractivity contribution in [3.8, 4) is 0 Å². The molecule has 2 aromatic carbocycles. The summed E-state index contributed by atoms with van der Waals surface area (Å²) >= 11 is 0. The zero-order valence-corrected chi connectivity index (χ0v) is 18.0. The van der Waals surface area contributed by atoms with Crippen molar-refractivity contribution in [1.29, 1.82) is 0 Å². The van der Waals surface area contributed by atoms with Crippen molar-refractivity contribution in [3.63, 3.8) is 0 Å². The molecule has 0 unspecified atom stereocenters. The van der Waals surface area contributed by atoms with Gasteiger partial charge < -0.3 is 10.4 Å². The summed E-state index contributed by atoms with van der Waals surface area (Å²) < 4.78 is 51.5. The Hall–Kier alpha value is -2.72. The number of oxime groups is 2. The first-order valence-corrected chi connectivity index (χ1v) is 11.4. The largest absolute Gasteiger partial charge is 0.411 e. The van der Waals surface area contributed by atoms with Crippen LogP contribution in [0.5, 0.6) is 0 Å². The van der Waals surface area contributed by atoms with Gasteiger partial charge in [0.1, 0.15) is 11.4 Å². The van der Waals surface area contributed by atoms with E-state index < -0.39 is 35.2 Å². The van der Waals surface area contributed by atoms with Crippen molar-refractivity contribution in [2.75, 3.05) is 0 Å². The minimum absolute atomic E-state index is 0.284. The second kappa shape index (κ2) is 7.96. The SMILES string of the molecule is CC(=NO)C(=NO)C(C)(S(=O)(=O)c1ccc(C)cc1)S(=O)(=O)c1ccc(C)cc1. The lowest BCUT2D eigenvalue weighted by molar-refractivity contribution is 0.312. The van der Waals surface area contributed by atoms with Crippen LogP contribution in [-0.4, -0.2) is 42.8 Å². The van der Waals surface area contributed by atoms with Crippen LogP contribution in [0.15, 0.2) is 68.6 Å². The number of hydrogen-bond donors (Lipinski definition) is 2. The van der Waals surface area contributed by atoms with E-state index in [0.29, 0.717) is 0 Å². The van der Waals surface area contributed by atoms with Gasteiger partial charge >= 0.3 is 0 Å². The second-order valence-electron chi connectivity index (χ2n) is 6.71. The van der Waals surface area contributed by atoms with E-state index in [2.05, 4.69) is 10.3 Å². The first-order valence-electron chi connectivity index (χ1n) is 8.47. The molecule has 0 radical (unpaired) electrons. The summed E-state index contributed by atoms with van der Waals surface area (Å²) in [5.41, 5.74) is 0.287. The molecule has 0 aromatic heterocycles. The van der Waals surface area contributed by atoms with Crippen LogP contribution in [0.2, 0.25) is 0 Å². The quantitative estimate of drug-likeness (QED) is 0.405. The highest BCUT2D eigenvalue weighted by Gasteiger charge is 2.57. The summed E-state index contributed by atoms with van der Waals surface area (Å²) in [6.45, 7) is 5.56. The summed E-state index contributed by atoms with van der Waals surface area (Å²) in [6, 6.07) is 11.2. The number of sulfone groups is 2. The van der Waals surface area contributed by atoms with Gasteiger partial charge in [-0.3, -0.25) is 0 Å². The Kier molecular flexibility index (Phi) is 6.19. The average Bonchev–Trinajstić information content (AvgIpc) is 2.68. The summed E-state index contributed by atoms with van der Waals surface area (Å²) in [7, 11) is -9.34. The van der Waals surface area contributed by atoms with Crippen LogP contribution in [0.1, 0.15) is 25.0 Å². The highest BCUT2D eigenvalue weighted by molar-refractivity contribution is 8.11. The Labute approximate surface area is 170 Å². The van der Waals surface area contributed by atoms with E-state index in [4.69, 9.17) is 5.21 Å². The molecule has 0 heterocycles. The van der Waals surface area contributed by atoms with Crippen LogP contribution >= 0.6 is 0 Å². The van der Waals surface area contributed by atoms with E-state index >= 15 is 0 Å². The van der Waals surface area contributed by atoms with Gasteiger partial charge in [-0.25, -0.2) is 16.8 Å². The number of benzene rings is 2. The monoisotopic (exact) mass is 438 g/mol.